The summed E-state index contributed by atoms with van der Waals surface area (Å²) in [6, 6.07) is 13.4. The number of nitrogens with two attached hydrogens (primary N) is 2. The van der Waals surface area contributed by atoms with Crippen LogP contribution in [0.3, 0.4) is 0 Å². The molecule has 0 fully saturated rings. The number of H-pyrrole nitrogens is 1. The van der Waals surface area contributed by atoms with Gasteiger partial charge in [-0.3, -0.25) is 15.0 Å². The van der Waals surface area contributed by atoms with Crippen molar-refractivity contribution in [2.45, 2.75) is 19.4 Å². The molecule has 0 aliphatic heterocycles. The van der Waals surface area contributed by atoms with Crippen molar-refractivity contribution in [2.24, 2.45) is 11.5 Å². The third kappa shape index (κ3) is 7.87. The highest BCUT2D eigenvalue weighted by Crippen LogP contribution is 2.24. The molecule has 0 aliphatic rings. The van der Waals surface area contributed by atoms with E-state index >= 15 is 0 Å². The van der Waals surface area contributed by atoms with Crippen molar-refractivity contribution in [3.8, 4) is 16.9 Å². The van der Waals surface area contributed by atoms with Crippen LogP contribution in [0.2, 0.25) is 0 Å². The van der Waals surface area contributed by atoms with E-state index in [9.17, 15) is 14.0 Å². The molecule has 192 valence electrons. The molecule has 3 rings (SSSR count). The van der Waals surface area contributed by atoms with Gasteiger partial charge in [0.2, 0.25) is 12.8 Å². The van der Waals surface area contributed by atoms with E-state index in [1.165, 1.54) is 12.3 Å². The number of hydrogen-bond acceptors (Lipinski definition) is 7. The number of urea groups is 1. The largest absolute Gasteiger partial charge is 0.461 e. The van der Waals surface area contributed by atoms with Crippen LogP contribution in [0.15, 0.2) is 59.5 Å². The van der Waals surface area contributed by atoms with Crippen LogP contribution in [0.25, 0.3) is 11.1 Å². The lowest BCUT2D eigenvalue weighted by molar-refractivity contribution is 0.192. The minimum atomic E-state index is -1.03. The van der Waals surface area contributed by atoms with Gasteiger partial charge in [0.25, 0.3) is 5.56 Å². The normalized spacial score (nSPS) is 10.9. The standard InChI is InChI=1S/C25H32FN7O3/c26-17-36-22-6-2-1-5-21(22)30-25(35)32-24-29-15-20(23(34)31-24)19-9-7-18(8-10-19)16-33(13-3-11-27)14-4-12-28/h1-2,5-10,15H,3-4,11-14,16-17,27-28H2,(H3,29,30,31,32,34,35). The molecule has 10 nitrogen and oxygen atoms in total. The second kappa shape index (κ2) is 13.9. The van der Waals surface area contributed by atoms with Gasteiger partial charge in [-0.05, 0) is 62.3 Å². The number of nitrogens with zero attached hydrogens (tertiary/aromatic N) is 2. The first-order chi connectivity index (χ1) is 17.5. The zero-order valence-corrected chi connectivity index (χ0v) is 20.0. The molecule has 3 aromatic rings. The molecule has 7 N–H and O–H groups in total. The fourth-order valence-electron chi connectivity index (χ4n) is 3.63. The van der Waals surface area contributed by atoms with E-state index in [0.29, 0.717) is 24.2 Å². The molecule has 2 amide bonds. The first-order valence-electron chi connectivity index (χ1n) is 11.7. The molecule has 2 aromatic carbocycles. The van der Waals surface area contributed by atoms with Crippen molar-refractivity contribution >= 4 is 17.7 Å². The molecular weight excluding hydrogens is 465 g/mol. The van der Waals surface area contributed by atoms with Gasteiger partial charge in [0.1, 0.15) is 5.75 Å². The van der Waals surface area contributed by atoms with Gasteiger partial charge in [-0.2, -0.15) is 4.98 Å². The number of aromatic nitrogens is 2. The number of carbonyl (C=O) groups excluding carboxylic acids is 1. The molecule has 0 atom stereocenters. The Morgan fingerprint density at radius 2 is 1.72 bits per heavy atom. The molecule has 0 unspecified atom stereocenters. The lowest BCUT2D eigenvalue weighted by Gasteiger charge is -2.22. The predicted molar refractivity (Wildman–Crippen MR) is 139 cm³/mol. The van der Waals surface area contributed by atoms with Crippen LogP contribution in [-0.4, -0.2) is 53.9 Å². The highest BCUT2D eigenvalue weighted by atomic mass is 19.1. The Balaban J connectivity index is 1.64. The molecule has 0 radical (unpaired) electrons. The van der Waals surface area contributed by atoms with Gasteiger partial charge in [0.15, 0.2) is 0 Å². The maximum absolute atomic E-state index is 12.6. The monoisotopic (exact) mass is 497 g/mol. The number of aromatic amines is 1. The Labute approximate surface area is 208 Å². The zero-order chi connectivity index (χ0) is 25.8. The number of para-hydroxylation sites is 2. The number of carbonyl (C=O) groups is 1. The Kier molecular flexibility index (Phi) is 10.4. The zero-order valence-electron chi connectivity index (χ0n) is 20.0. The van der Waals surface area contributed by atoms with E-state index in [-0.39, 0.29) is 17.4 Å². The first-order valence-corrected chi connectivity index (χ1v) is 11.7. The fourth-order valence-corrected chi connectivity index (χ4v) is 3.63. The van der Waals surface area contributed by atoms with Crippen molar-refractivity contribution in [2.75, 3.05) is 43.7 Å². The summed E-state index contributed by atoms with van der Waals surface area (Å²) in [5, 5.41) is 4.99. The van der Waals surface area contributed by atoms with E-state index in [0.717, 1.165) is 38.0 Å². The SMILES string of the molecule is NCCCN(CCCN)Cc1ccc(-c2c[nH]c(NC(=O)Nc3ccccc3OCF)nc2=O)cc1. The number of benzene rings is 2. The fraction of sp³-hybridized carbons (Fsp3) is 0.320. The third-order valence-electron chi connectivity index (χ3n) is 5.40. The van der Waals surface area contributed by atoms with Crippen molar-refractivity contribution in [1.29, 1.82) is 0 Å². The molecule has 1 heterocycles. The Morgan fingerprint density at radius 1 is 1.03 bits per heavy atom. The molecule has 1 aromatic heterocycles. The van der Waals surface area contributed by atoms with Crippen molar-refractivity contribution in [1.82, 2.24) is 14.9 Å². The van der Waals surface area contributed by atoms with Crippen molar-refractivity contribution in [3.63, 3.8) is 0 Å². The molecular formula is C25H32FN7O3. The second-order valence-electron chi connectivity index (χ2n) is 8.05. The first kappa shape index (κ1) is 26.8. The molecule has 0 spiro atoms. The van der Waals surface area contributed by atoms with Crippen LogP contribution >= 0.6 is 0 Å². The smallest absolute Gasteiger partial charge is 0.326 e. The highest BCUT2D eigenvalue weighted by Gasteiger charge is 2.12. The average Bonchev–Trinajstić information content (AvgIpc) is 2.87. The van der Waals surface area contributed by atoms with Gasteiger partial charge in [0.05, 0.1) is 11.3 Å². The summed E-state index contributed by atoms with van der Waals surface area (Å²) in [5.74, 6) is 0.148. The lowest BCUT2D eigenvalue weighted by Crippen LogP contribution is -2.28. The molecule has 36 heavy (non-hydrogen) atoms. The molecule has 11 heteroatoms. The van der Waals surface area contributed by atoms with Gasteiger partial charge in [-0.1, -0.05) is 36.4 Å². The van der Waals surface area contributed by atoms with Gasteiger partial charge >= 0.3 is 6.03 Å². The minimum Gasteiger partial charge on any atom is -0.461 e. The predicted octanol–water partition coefficient (Wildman–Crippen LogP) is 2.89. The number of nitrogens with one attached hydrogen (secondary N) is 3. The van der Waals surface area contributed by atoms with E-state index in [1.807, 2.05) is 24.3 Å². The summed E-state index contributed by atoms with van der Waals surface area (Å²) in [4.78, 5) is 34.0. The Hall–Kier alpha value is -3.80. The Bertz CT molecular complexity index is 1160. The van der Waals surface area contributed by atoms with Crippen LogP contribution < -0.4 is 32.4 Å². The van der Waals surface area contributed by atoms with Crippen molar-refractivity contribution < 1.29 is 13.9 Å². The van der Waals surface area contributed by atoms with E-state index in [4.69, 9.17) is 16.2 Å². The van der Waals surface area contributed by atoms with E-state index in [2.05, 4.69) is 25.5 Å². The lowest BCUT2D eigenvalue weighted by atomic mass is 10.1. The van der Waals surface area contributed by atoms with Gasteiger partial charge in [-0.15, -0.1) is 0 Å². The summed E-state index contributed by atoms with van der Waals surface area (Å²) >= 11 is 0. The number of ether oxygens (including phenoxy) is 1. The summed E-state index contributed by atoms with van der Waals surface area (Å²) < 4.78 is 17.4. The molecule has 0 saturated heterocycles. The van der Waals surface area contributed by atoms with Crippen LogP contribution in [0.4, 0.5) is 20.8 Å². The maximum Gasteiger partial charge on any atom is 0.326 e. The van der Waals surface area contributed by atoms with E-state index < -0.39 is 18.5 Å². The summed E-state index contributed by atoms with van der Waals surface area (Å²) in [6.07, 6.45) is 3.33. The Morgan fingerprint density at radius 3 is 2.36 bits per heavy atom. The third-order valence-corrected chi connectivity index (χ3v) is 5.40. The number of rotatable bonds is 13. The topological polar surface area (TPSA) is 151 Å². The van der Waals surface area contributed by atoms with Crippen LogP contribution in [0.1, 0.15) is 18.4 Å². The summed E-state index contributed by atoms with van der Waals surface area (Å²) in [7, 11) is 0. The highest BCUT2D eigenvalue weighted by molar-refractivity contribution is 5.99. The van der Waals surface area contributed by atoms with Crippen LogP contribution in [0.5, 0.6) is 5.75 Å². The molecule has 0 saturated carbocycles. The second-order valence-corrected chi connectivity index (χ2v) is 8.05. The van der Waals surface area contributed by atoms with Crippen LogP contribution in [0, 0.1) is 0 Å². The number of anilines is 2. The number of hydrogen-bond donors (Lipinski definition) is 5. The quantitative estimate of drug-likeness (QED) is 0.243. The maximum atomic E-state index is 12.6. The number of amides is 2. The van der Waals surface area contributed by atoms with E-state index in [1.54, 1.807) is 18.2 Å². The van der Waals surface area contributed by atoms with Crippen molar-refractivity contribution in [3.05, 3.63) is 70.6 Å². The van der Waals surface area contributed by atoms with Gasteiger partial charge < -0.3 is 26.5 Å². The molecule has 0 aliphatic carbocycles. The van der Waals surface area contributed by atoms with Gasteiger partial charge in [0, 0.05) is 12.7 Å². The summed E-state index contributed by atoms with van der Waals surface area (Å²) in [6.45, 7) is 2.82. The number of alkyl halides is 1. The minimum absolute atomic E-state index is 0.0304. The van der Waals surface area contributed by atoms with Gasteiger partial charge in [-0.25, -0.2) is 9.18 Å². The summed E-state index contributed by atoms with van der Waals surface area (Å²) in [5.41, 5.74) is 13.3. The van der Waals surface area contributed by atoms with Crippen LogP contribution in [-0.2, 0) is 6.54 Å². The average molecular weight is 498 g/mol. The molecule has 0 bridgehead atoms. The number of halogens is 1.